The van der Waals surface area contributed by atoms with Gasteiger partial charge in [0.15, 0.2) is 0 Å². The lowest BCUT2D eigenvalue weighted by molar-refractivity contribution is 1.07. The van der Waals surface area contributed by atoms with Gasteiger partial charge >= 0.3 is 0 Å². The van der Waals surface area contributed by atoms with Crippen LogP contribution >= 0.6 is 0 Å². The first-order valence-electron chi connectivity index (χ1n) is 5.75. The molecule has 3 aromatic rings. The molecule has 0 aromatic carbocycles. The Morgan fingerprint density at radius 3 is 2.89 bits per heavy atom. The lowest BCUT2D eigenvalue weighted by atomic mass is 10.1. The average molecular weight is 239 g/mol. The standard InChI is InChI=1S/C13H13N5/c1-8-17-12(10-4-2-3-5-15-10)11-9(6-14)7-16-13(11)18-8/h2-5,7H,6,14H2,1H3,(H,16,17,18). The summed E-state index contributed by atoms with van der Waals surface area (Å²) in [5, 5.41) is 0.960. The summed E-state index contributed by atoms with van der Waals surface area (Å²) in [6, 6.07) is 5.77. The Balaban J connectivity index is 2.36. The van der Waals surface area contributed by atoms with Crippen molar-refractivity contribution in [2.75, 3.05) is 0 Å². The van der Waals surface area contributed by atoms with E-state index in [-0.39, 0.29) is 0 Å². The van der Waals surface area contributed by atoms with Crippen LogP contribution in [-0.4, -0.2) is 19.9 Å². The SMILES string of the molecule is Cc1nc(-c2ccccn2)c2c(CN)c[nH]c2n1. The molecule has 0 amide bonds. The van der Waals surface area contributed by atoms with Crippen LogP contribution in [0, 0.1) is 6.92 Å². The van der Waals surface area contributed by atoms with Crippen molar-refractivity contribution in [2.24, 2.45) is 5.73 Å². The van der Waals surface area contributed by atoms with E-state index >= 15 is 0 Å². The van der Waals surface area contributed by atoms with E-state index in [1.165, 1.54) is 0 Å². The Morgan fingerprint density at radius 1 is 1.28 bits per heavy atom. The third kappa shape index (κ3) is 1.65. The fourth-order valence-electron chi connectivity index (χ4n) is 2.06. The second-order valence-corrected chi connectivity index (χ2v) is 4.08. The van der Waals surface area contributed by atoms with Crippen molar-refractivity contribution in [2.45, 2.75) is 13.5 Å². The Kier molecular flexibility index (Phi) is 2.53. The summed E-state index contributed by atoms with van der Waals surface area (Å²) in [7, 11) is 0. The molecule has 0 bridgehead atoms. The minimum Gasteiger partial charge on any atom is -0.346 e. The second-order valence-electron chi connectivity index (χ2n) is 4.08. The Hall–Kier alpha value is -2.27. The van der Waals surface area contributed by atoms with Gasteiger partial charge in [0.05, 0.1) is 11.1 Å². The van der Waals surface area contributed by atoms with E-state index in [1.807, 2.05) is 31.3 Å². The molecule has 0 unspecified atom stereocenters. The fraction of sp³-hybridized carbons (Fsp3) is 0.154. The van der Waals surface area contributed by atoms with E-state index < -0.39 is 0 Å². The maximum Gasteiger partial charge on any atom is 0.142 e. The van der Waals surface area contributed by atoms with Gasteiger partial charge in [-0.15, -0.1) is 0 Å². The summed E-state index contributed by atoms with van der Waals surface area (Å²) in [5.74, 6) is 0.716. The van der Waals surface area contributed by atoms with E-state index in [4.69, 9.17) is 5.73 Å². The Bertz CT molecular complexity index is 687. The number of nitrogens with two attached hydrogens (primary N) is 1. The van der Waals surface area contributed by atoms with Gasteiger partial charge in [0.25, 0.3) is 0 Å². The lowest BCUT2D eigenvalue weighted by Gasteiger charge is -2.04. The molecule has 0 radical (unpaired) electrons. The quantitative estimate of drug-likeness (QED) is 0.714. The highest BCUT2D eigenvalue weighted by Crippen LogP contribution is 2.27. The molecule has 0 spiro atoms. The van der Waals surface area contributed by atoms with Crippen molar-refractivity contribution in [3.8, 4) is 11.4 Å². The van der Waals surface area contributed by atoms with Gasteiger partial charge in [-0.25, -0.2) is 9.97 Å². The number of fused-ring (bicyclic) bond motifs is 1. The molecule has 5 heteroatoms. The molecule has 3 heterocycles. The first-order chi connectivity index (χ1) is 8.79. The van der Waals surface area contributed by atoms with Crippen LogP contribution in [0.25, 0.3) is 22.4 Å². The third-order valence-corrected chi connectivity index (χ3v) is 2.85. The van der Waals surface area contributed by atoms with Crippen LogP contribution in [0.2, 0.25) is 0 Å². The molecule has 3 aromatic heterocycles. The smallest absolute Gasteiger partial charge is 0.142 e. The topological polar surface area (TPSA) is 80.5 Å². The third-order valence-electron chi connectivity index (χ3n) is 2.85. The molecule has 18 heavy (non-hydrogen) atoms. The number of hydrogen-bond acceptors (Lipinski definition) is 4. The second kappa shape index (κ2) is 4.19. The average Bonchev–Trinajstić information content (AvgIpc) is 2.81. The summed E-state index contributed by atoms with van der Waals surface area (Å²) < 4.78 is 0. The largest absolute Gasteiger partial charge is 0.346 e. The molecule has 0 atom stereocenters. The number of rotatable bonds is 2. The highest BCUT2D eigenvalue weighted by molar-refractivity contribution is 5.92. The molecule has 0 saturated heterocycles. The van der Waals surface area contributed by atoms with Crippen LogP contribution in [0.5, 0.6) is 0 Å². The molecular weight excluding hydrogens is 226 g/mol. The van der Waals surface area contributed by atoms with Gasteiger partial charge in [-0.3, -0.25) is 4.98 Å². The number of pyridine rings is 1. The molecule has 0 aliphatic carbocycles. The summed E-state index contributed by atoms with van der Waals surface area (Å²) in [6.07, 6.45) is 3.64. The van der Waals surface area contributed by atoms with Gasteiger partial charge < -0.3 is 10.7 Å². The van der Waals surface area contributed by atoms with E-state index in [0.29, 0.717) is 12.4 Å². The fourth-order valence-corrected chi connectivity index (χ4v) is 2.06. The number of nitrogens with zero attached hydrogens (tertiary/aromatic N) is 3. The minimum absolute atomic E-state index is 0.451. The Morgan fingerprint density at radius 2 is 2.17 bits per heavy atom. The van der Waals surface area contributed by atoms with E-state index in [9.17, 15) is 0 Å². The number of nitrogens with one attached hydrogen (secondary N) is 1. The zero-order chi connectivity index (χ0) is 12.5. The number of aryl methyl sites for hydroxylation is 1. The van der Waals surface area contributed by atoms with Crippen molar-refractivity contribution in [1.29, 1.82) is 0 Å². The zero-order valence-electron chi connectivity index (χ0n) is 10.0. The van der Waals surface area contributed by atoms with Crippen LogP contribution in [0.3, 0.4) is 0 Å². The first kappa shape index (κ1) is 10.9. The van der Waals surface area contributed by atoms with Gasteiger partial charge in [0.2, 0.25) is 0 Å². The zero-order valence-corrected chi connectivity index (χ0v) is 10.0. The van der Waals surface area contributed by atoms with Gasteiger partial charge in [0, 0.05) is 18.9 Å². The molecule has 0 saturated carbocycles. The molecule has 0 fully saturated rings. The number of aromatic nitrogens is 4. The van der Waals surface area contributed by atoms with E-state index in [2.05, 4.69) is 19.9 Å². The van der Waals surface area contributed by atoms with Crippen LogP contribution in [-0.2, 0) is 6.54 Å². The molecule has 3 N–H and O–H groups in total. The van der Waals surface area contributed by atoms with Crippen LogP contribution < -0.4 is 5.73 Å². The predicted molar refractivity (Wildman–Crippen MR) is 69.7 cm³/mol. The van der Waals surface area contributed by atoms with Crippen LogP contribution in [0.1, 0.15) is 11.4 Å². The number of hydrogen-bond donors (Lipinski definition) is 2. The first-order valence-corrected chi connectivity index (χ1v) is 5.75. The summed E-state index contributed by atoms with van der Waals surface area (Å²) in [5.41, 5.74) is 9.23. The molecule has 90 valence electrons. The summed E-state index contributed by atoms with van der Waals surface area (Å²) in [4.78, 5) is 16.4. The van der Waals surface area contributed by atoms with Crippen molar-refractivity contribution >= 4 is 11.0 Å². The summed E-state index contributed by atoms with van der Waals surface area (Å²) >= 11 is 0. The molecule has 3 rings (SSSR count). The molecule has 0 aliphatic rings. The predicted octanol–water partition coefficient (Wildman–Crippen LogP) is 1.79. The van der Waals surface area contributed by atoms with Crippen molar-refractivity contribution in [3.05, 3.63) is 42.0 Å². The van der Waals surface area contributed by atoms with Crippen molar-refractivity contribution in [1.82, 2.24) is 19.9 Å². The van der Waals surface area contributed by atoms with E-state index in [1.54, 1.807) is 6.20 Å². The highest BCUT2D eigenvalue weighted by atomic mass is 15.0. The van der Waals surface area contributed by atoms with Gasteiger partial charge in [-0.1, -0.05) is 6.07 Å². The minimum atomic E-state index is 0.451. The van der Waals surface area contributed by atoms with Crippen molar-refractivity contribution < 1.29 is 0 Å². The van der Waals surface area contributed by atoms with Gasteiger partial charge in [-0.05, 0) is 24.6 Å². The van der Waals surface area contributed by atoms with Crippen LogP contribution in [0.4, 0.5) is 0 Å². The van der Waals surface area contributed by atoms with E-state index in [0.717, 1.165) is 28.0 Å². The normalized spacial score (nSPS) is 11.0. The number of aromatic amines is 1. The summed E-state index contributed by atoms with van der Waals surface area (Å²) in [6.45, 7) is 2.32. The van der Waals surface area contributed by atoms with Crippen LogP contribution in [0.15, 0.2) is 30.6 Å². The molecule has 0 aliphatic heterocycles. The van der Waals surface area contributed by atoms with Crippen molar-refractivity contribution in [3.63, 3.8) is 0 Å². The molecular formula is C13H13N5. The maximum atomic E-state index is 5.75. The number of H-pyrrole nitrogens is 1. The molecule has 5 nitrogen and oxygen atoms in total. The lowest BCUT2D eigenvalue weighted by Crippen LogP contribution is -1.99. The maximum absolute atomic E-state index is 5.75. The monoisotopic (exact) mass is 239 g/mol. The Labute approximate surface area is 104 Å². The van der Waals surface area contributed by atoms with Gasteiger partial charge in [-0.2, -0.15) is 0 Å². The highest BCUT2D eigenvalue weighted by Gasteiger charge is 2.13. The van der Waals surface area contributed by atoms with Gasteiger partial charge in [0.1, 0.15) is 17.2 Å².